The smallest absolute Gasteiger partial charge is 0.127 e. The van der Waals surface area contributed by atoms with Crippen LogP contribution in [0.2, 0.25) is 0 Å². The van der Waals surface area contributed by atoms with Crippen molar-refractivity contribution >= 4 is 11.8 Å². The Morgan fingerprint density at radius 1 is 1.00 bits per heavy atom. The minimum absolute atomic E-state index is 0.197. The molecule has 1 saturated carbocycles. The molecule has 3 heteroatoms. The molecule has 0 bridgehead atoms. The van der Waals surface area contributed by atoms with Gasteiger partial charge in [-0.15, -0.1) is 0 Å². The van der Waals surface area contributed by atoms with Gasteiger partial charge >= 0.3 is 0 Å². The van der Waals surface area contributed by atoms with Crippen molar-refractivity contribution in [2.24, 2.45) is 23.7 Å². The topological polar surface area (TPSA) is 21.3 Å². The highest BCUT2D eigenvalue weighted by atomic mass is 32.2. The van der Waals surface area contributed by atoms with Gasteiger partial charge in [-0.05, 0) is 117 Å². The Balaban J connectivity index is 1.23. The van der Waals surface area contributed by atoms with E-state index in [1.54, 1.807) is 0 Å². The molecule has 6 rings (SSSR count). The zero-order chi connectivity index (χ0) is 20.9. The molecule has 4 unspecified atom stereocenters. The standard InChI is InChI=1S/C28H33NOS/c1-17-9-21-14-25(7-8-27(21)31-18(17)2)30-28-22(13-20-5-3-4-6-26(20)28)10-19-11-23-15-29-16-24(23)12-19/h3-8,14,19,22-24,28-29H,9-13,15-16H2,1-2H3. The number of fused-ring (bicyclic) bond motifs is 3. The van der Waals surface area contributed by atoms with Crippen molar-refractivity contribution in [2.75, 3.05) is 13.1 Å². The van der Waals surface area contributed by atoms with Gasteiger partial charge in [0.05, 0.1) is 0 Å². The third-order valence-corrected chi connectivity index (χ3v) is 9.55. The largest absolute Gasteiger partial charge is 0.485 e. The quantitative estimate of drug-likeness (QED) is 0.592. The zero-order valence-corrected chi connectivity index (χ0v) is 19.5. The molecular weight excluding hydrogens is 398 g/mol. The molecule has 2 aromatic carbocycles. The lowest BCUT2D eigenvalue weighted by atomic mass is 9.88. The Hall–Kier alpha value is -1.71. The summed E-state index contributed by atoms with van der Waals surface area (Å²) in [5.74, 6) is 4.37. The summed E-state index contributed by atoms with van der Waals surface area (Å²) in [4.78, 5) is 2.84. The third-order valence-electron chi connectivity index (χ3n) is 8.27. The van der Waals surface area contributed by atoms with Crippen LogP contribution in [0.25, 0.3) is 0 Å². The molecule has 4 atom stereocenters. The van der Waals surface area contributed by atoms with Crippen molar-refractivity contribution in [3.8, 4) is 5.75 Å². The van der Waals surface area contributed by atoms with Crippen LogP contribution in [0.4, 0.5) is 0 Å². The van der Waals surface area contributed by atoms with Gasteiger partial charge in [0, 0.05) is 10.8 Å². The second kappa shape index (κ2) is 8.01. The van der Waals surface area contributed by atoms with Gasteiger partial charge in [-0.2, -0.15) is 0 Å². The average molecular weight is 432 g/mol. The summed E-state index contributed by atoms with van der Waals surface area (Å²) in [5, 5.41) is 3.60. The lowest BCUT2D eigenvalue weighted by Gasteiger charge is -2.26. The van der Waals surface area contributed by atoms with E-state index in [1.165, 1.54) is 70.8 Å². The average Bonchev–Trinajstić information content (AvgIpc) is 3.44. The van der Waals surface area contributed by atoms with Gasteiger partial charge in [-0.1, -0.05) is 41.6 Å². The highest BCUT2D eigenvalue weighted by Gasteiger charge is 2.41. The SMILES string of the molecule is CC1=C(C)Sc2ccc(OC3c4ccccc4CC3CC3CC4CNCC4C3)cc2C1. The Morgan fingerprint density at radius 2 is 1.81 bits per heavy atom. The molecule has 162 valence electrons. The molecular formula is C28H33NOS. The normalized spacial score (nSPS) is 31.5. The van der Waals surface area contributed by atoms with E-state index >= 15 is 0 Å². The first-order chi connectivity index (χ1) is 15.1. The molecule has 0 radical (unpaired) electrons. The molecule has 1 saturated heterocycles. The van der Waals surface area contributed by atoms with Gasteiger partial charge in [-0.3, -0.25) is 0 Å². The molecule has 2 aliphatic heterocycles. The second-order valence-corrected chi connectivity index (χ2v) is 11.6. The van der Waals surface area contributed by atoms with E-state index in [0.29, 0.717) is 5.92 Å². The zero-order valence-electron chi connectivity index (χ0n) is 18.7. The molecule has 2 fully saturated rings. The van der Waals surface area contributed by atoms with Crippen LogP contribution in [-0.2, 0) is 12.8 Å². The van der Waals surface area contributed by atoms with Crippen LogP contribution >= 0.6 is 11.8 Å². The fourth-order valence-corrected chi connectivity index (χ4v) is 7.57. The van der Waals surface area contributed by atoms with E-state index in [1.807, 2.05) is 11.8 Å². The number of rotatable bonds is 4. The van der Waals surface area contributed by atoms with Gasteiger partial charge < -0.3 is 10.1 Å². The third kappa shape index (κ3) is 3.74. The molecule has 2 aromatic rings. The van der Waals surface area contributed by atoms with Crippen LogP contribution in [0.15, 0.2) is 57.8 Å². The van der Waals surface area contributed by atoms with Crippen LogP contribution in [0.3, 0.4) is 0 Å². The Kier molecular flexibility index (Phi) is 5.15. The summed E-state index contributed by atoms with van der Waals surface area (Å²) in [7, 11) is 0. The summed E-state index contributed by atoms with van der Waals surface area (Å²) in [6.07, 6.45) is 6.56. The van der Waals surface area contributed by atoms with E-state index in [9.17, 15) is 0 Å². The molecule has 1 N–H and O–H groups in total. The summed E-state index contributed by atoms with van der Waals surface area (Å²) < 4.78 is 6.81. The summed E-state index contributed by atoms with van der Waals surface area (Å²) in [6.45, 7) is 6.98. The number of thioether (sulfide) groups is 1. The van der Waals surface area contributed by atoms with Crippen LogP contribution < -0.4 is 10.1 Å². The van der Waals surface area contributed by atoms with Crippen LogP contribution in [0, 0.1) is 23.7 Å². The maximum atomic E-state index is 6.81. The lowest BCUT2D eigenvalue weighted by molar-refractivity contribution is 0.130. The van der Waals surface area contributed by atoms with Gasteiger partial charge in [0.25, 0.3) is 0 Å². The molecule has 31 heavy (non-hydrogen) atoms. The molecule has 0 spiro atoms. The maximum absolute atomic E-state index is 6.81. The molecule has 4 aliphatic rings. The van der Waals surface area contributed by atoms with Crippen molar-refractivity contribution in [3.05, 3.63) is 69.6 Å². The van der Waals surface area contributed by atoms with E-state index in [2.05, 4.69) is 61.6 Å². The van der Waals surface area contributed by atoms with E-state index in [-0.39, 0.29) is 6.10 Å². The fourth-order valence-electron chi connectivity index (χ4n) is 6.60. The first kappa shape index (κ1) is 19.9. The molecule has 2 aliphatic carbocycles. The Labute approximate surface area is 190 Å². The highest BCUT2D eigenvalue weighted by molar-refractivity contribution is 8.03. The van der Waals surface area contributed by atoms with Crippen molar-refractivity contribution in [1.29, 1.82) is 0 Å². The van der Waals surface area contributed by atoms with Crippen LogP contribution in [0.5, 0.6) is 5.75 Å². The monoisotopic (exact) mass is 431 g/mol. The molecule has 2 nitrogen and oxygen atoms in total. The van der Waals surface area contributed by atoms with Crippen LogP contribution in [0.1, 0.15) is 55.9 Å². The predicted molar refractivity (Wildman–Crippen MR) is 129 cm³/mol. The lowest BCUT2D eigenvalue weighted by Crippen LogP contribution is -2.19. The minimum atomic E-state index is 0.197. The maximum Gasteiger partial charge on any atom is 0.127 e. The summed E-state index contributed by atoms with van der Waals surface area (Å²) in [5.41, 5.74) is 5.83. The second-order valence-electron chi connectivity index (χ2n) is 10.3. The summed E-state index contributed by atoms with van der Waals surface area (Å²) in [6, 6.07) is 15.8. The Morgan fingerprint density at radius 3 is 2.65 bits per heavy atom. The Bertz CT molecular complexity index is 1020. The minimum Gasteiger partial charge on any atom is -0.485 e. The van der Waals surface area contributed by atoms with Crippen LogP contribution in [-0.4, -0.2) is 13.1 Å². The molecule has 0 amide bonds. The number of hydrogen-bond acceptors (Lipinski definition) is 3. The highest BCUT2D eigenvalue weighted by Crippen LogP contribution is 2.48. The van der Waals surface area contributed by atoms with Crippen molar-refractivity contribution in [1.82, 2.24) is 5.32 Å². The van der Waals surface area contributed by atoms with Crippen molar-refractivity contribution in [3.63, 3.8) is 0 Å². The van der Waals surface area contributed by atoms with E-state index in [4.69, 9.17) is 4.74 Å². The predicted octanol–water partition coefficient (Wildman–Crippen LogP) is 6.56. The number of benzene rings is 2. The van der Waals surface area contributed by atoms with E-state index < -0.39 is 0 Å². The molecule has 0 aromatic heterocycles. The number of allylic oxidation sites excluding steroid dienone is 2. The van der Waals surface area contributed by atoms with Gasteiger partial charge in [0.1, 0.15) is 11.9 Å². The number of hydrogen-bond donors (Lipinski definition) is 1. The molecule has 2 heterocycles. The summed E-state index contributed by atoms with van der Waals surface area (Å²) >= 11 is 1.91. The fraction of sp³-hybridized carbons (Fsp3) is 0.500. The van der Waals surface area contributed by atoms with Gasteiger partial charge in [-0.25, -0.2) is 0 Å². The first-order valence-electron chi connectivity index (χ1n) is 12.1. The van der Waals surface area contributed by atoms with Gasteiger partial charge in [0.15, 0.2) is 0 Å². The van der Waals surface area contributed by atoms with E-state index in [0.717, 1.165) is 29.9 Å². The van der Waals surface area contributed by atoms with Crippen molar-refractivity contribution in [2.45, 2.75) is 57.0 Å². The first-order valence-corrected chi connectivity index (χ1v) is 12.9. The number of nitrogens with one attached hydrogen (secondary N) is 1. The van der Waals surface area contributed by atoms with Crippen molar-refractivity contribution < 1.29 is 4.74 Å². The number of ether oxygens (including phenoxy) is 1. The van der Waals surface area contributed by atoms with Gasteiger partial charge in [0.2, 0.25) is 0 Å².